The summed E-state index contributed by atoms with van der Waals surface area (Å²) >= 11 is 0. The van der Waals surface area contributed by atoms with E-state index in [2.05, 4.69) is 20.4 Å². The number of imidazole rings is 1. The van der Waals surface area contributed by atoms with Gasteiger partial charge in [0.15, 0.2) is 17.5 Å². The predicted molar refractivity (Wildman–Crippen MR) is 116 cm³/mol. The molecule has 1 aliphatic heterocycles. The van der Waals surface area contributed by atoms with Crippen LogP contribution in [0.3, 0.4) is 0 Å². The normalized spacial score (nSPS) is 18.1. The number of ether oxygens (including phenoxy) is 2. The van der Waals surface area contributed by atoms with E-state index >= 15 is 0 Å². The Labute approximate surface area is 185 Å². The van der Waals surface area contributed by atoms with Crippen LogP contribution in [0.4, 0.5) is 19.0 Å². The van der Waals surface area contributed by atoms with Crippen LogP contribution in [0.25, 0.3) is 22.3 Å². The van der Waals surface area contributed by atoms with Crippen molar-refractivity contribution in [2.45, 2.75) is 24.7 Å². The molecule has 0 saturated heterocycles. The average molecular weight is 459 g/mol. The van der Waals surface area contributed by atoms with Gasteiger partial charge in [0.2, 0.25) is 0 Å². The van der Waals surface area contributed by atoms with Gasteiger partial charge in [-0.2, -0.15) is 18.3 Å². The van der Waals surface area contributed by atoms with Gasteiger partial charge in [-0.15, -0.1) is 0 Å². The molecule has 2 aromatic heterocycles. The Morgan fingerprint density at radius 2 is 1.76 bits per heavy atom. The third-order valence-electron chi connectivity index (χ3n) is 5.81. The maximum Gasteiger partial charge on any atom is 0.410 e. The van der Waals surface area contributed by atoms with Crippen LogP contribution in [0.2, 0.25) is 0 Å². The third-order valence-corrected chi connectivity index (χ3v) is 5.81. The van der Waals surface area contributed by atoms with Crippen molar-refractivity contribution in [1.82, 2.24) is 19.7 Å². The van der Waals surface area contributed by atoms with Crippen LogP contribution in [0.1, 0.15) is 24.1 Å². The van der Waals surface area contributed by atoms with Gasteiger partial charge in [0.05, 0.1) is 37.0 Å². The number of benzene rings is 2. The first-order valence-corrected chi connectivity index (χ1v) is 10.1. The molecule has 0 saturated carbocycles. The minimum absolute atomic E-state index is 0.239. The van der Waals surface area contributed by atoms with Crippen LogP contribution in [0.15, 0.2) is 47.3 Å². The van der Waals surface area contributed by atoms with Crippen LogP contribution in [0, 0.1) is 0 Å². The fourth-order valence-corrected chi connectivity index (χ4v) is 4.19. The Balaban J connectivity index is 1.55. The van der Waals surface area contributed by atoms with Crippen molar-refractivity contribution in [2.24, 2.45) is 0 Å². The summed E-state index contributed by atoms with van der Waals surface area (Å²) in [5.74, 6) is 1.19. The number of hydrogen-bond donors (Lipinski definition) is 3. The van der Waals surface area contributed by atoms with E-state index in [1.165, 1.54) is 14.2 Å². The number of nitrogens with zero attached hydrogens (tertiary/aromatic N) is 2. The summed E-state index contributed by atoms with van der Waals surface area (Å²) in [7, 11) is 2.97. The maximum atomic E-state index is 14.0. The second-order valence-electron chi connectivity index (χ2n) is 7.80. The fourth-order valence-electron chi connectivity index (χ4n) is 4.19. The molecule has 1 aliphatic rings. The van der Waals surface area contributed by atoms with Crippen LogP contribution in [0.5, 0.6) is 11.5 Å². The minimum Gasteiger partial charge on any atom is -0.493 e. The summed E-state index contributed by atoms with van der Waals surface area (Å²) in [6, 6.07) is 9.28. The molecule has 2 aromatic carbocycles. The third kappa shape index (κ3) is 3.69. The number of nitrogens with one attached hydrogen (secondary N) is 3. The molecule has 8 nitrogen and oxygen atoms in total. The minimum atomic E-state index is -4.50. The van der Waals surface area contributed by atoms with E-state index in [9.17, 15) is 18.0 Å². The van der Waals surface area contributed by atoms with Crippen molar-refractivity contribution < 1.29 is 22.6 Å². The monoisotopic (exact) mass is 459 g/mol. The van der Waals surface area contributed by atoms with E-state index in [4.69, 9.17) is 9.47 Å². The molecular weight excluding hydrogens is 439 g/mol. The topological polar surface area (TPSA) is 97.0 Å². The molecule has 0 amide bonds. The van der Waals surface area contributed by atoms with Crippen molar-refractivity contribution in [3.8, 4) is 22.8 Å². The van der Waals surface area contributed by atoms with Crippen molar-refractivity contribution in [1.29, 1.82) is 0 Å². The molecule has 0 aliphatic carbocycles. The van der Waals surface area contributed by atoms with E-state index in [1.807, 2.05) is 0 Å². The quantitative estimate of drug-likeness (QED) is 0.421. The Kier molecular flexibility index (Phi) is 4.84. The van der Waals surface area contributed by atoms with E-state index in [0.717, 1.165) is 4.68 Å². The molecule has 4 aromatic rings. The molecule has 11 heteroatoms. The highest BCUT2D eigenvalue weighted by Crippen LogP contribution is 2.45. The number of aromatic amines is 2. The Morgan fingerprint density at radius 1 is 1.00 bits per heavy atom. The number of halogens is 3. The van der Waals surface area contributed by atoms with Crippen LogP contribution in [-0.4, -0.2) is 40.1 Å². The van der Waals surface area contributed by atoms with Crippen molar-refractivity contribution in [3.05, 3.63) is 58.5 Å². The summed E-state index contributed by atoms with van der Waals surface area (Å²) in [6.45, 7) is 0. The molecule has 0 radical (unpaired) electrons. The highest BCUT2D eigenvalue weighted by Gasteiger charge is 2.46. The van der Waals surface area contributed by atoms with Crippen LogP contribution in [-0.2, 0) is 0 Å². The number of alkyl halides is 3. The van der Waals surface area contributed by atoms with Gasteiger partial charge in [-0.1, -0.05) is 12.1 Å². The first-order valence-electron chi connectivity index (χ1n) is 10.1. The lowest BCUT2D eigenvalue weighted by Gasteiger charge is -2.33. The van der Waals surface area contributed by atoms with Gasteiger partial charge in [0.25, 0.3) is 0 Å². The van der Waals surface area contributed by atoms with Gasteiger partial charge in [-0.05, 0) is 29.8 Å². The molecular formula is C22H20F3N5O3. The van der Waals surface area contributed by atoms with Gasteiger partial charge in [-0.25, -0.2) is 9.48 Å². The van der Waals surface area contributed by atoms with E-state index in [-0.39, 0.29) is 17.9 Å². The fraction of sp³-hybridized carbons (Fsp3) is 0.273. The number of rotatable bonds is 4. The molecule has 2 atom stereocenters. The number of H-pyrrole nitrogens is 2. The smallest absolute Gasteiger partial charge is 0.410 e. The zero-order valence-corrected chi connectivity index (χ0v) is 17.7. The lowest BCUT2D eigenvalue weighted by atomic mass is 9.96. The summed E-state index contributed by atoms with van der Waals surface area (Å²) in [5, 5.41) is 7.43. The summed E-state index contributed by atoms with van der Waals surface area (Å²) in [6.07, 6.45) is -4.73. The molecule has 33 heavy (non-hydrogen) atoms. The highest BCUT2D eigenvalue weighted by molar-refractivity contribution is 5.81. The lowest BCUT2D eigenvalue weighted by Crippen LogP contribution is -2.35. The molecule has 5 rings (SSSR count). The van der Waals surface area contributed by atoms with Crippen LogP contribution < -0.4 is 20.5 Å². The molecule has 0 fully saturated rings. The molecule has 0 bridgehead atoms. The number of aromatic nitrogens is 4. The van der Waals surface area contributed by atoms with Crippen molar-refractivity contribution in [2.75, 3.05) is 19.5 Å². The van der Waals surface area contributed by atoms with Gasteiger partial charge >= 0.3 is 11.9 Å². The second kappa shape index (κ2) is 7.61. The van der Waals surface area contributed by atoms with E-state index < -0.39 is 18.3 Å². The number of fused-ring (bicyclic) bond motifs is 2. The highest BCUT2D eigenvalue weighted by atomic mass is 19.4. The van der Waals surface area contributed by atoms with Crippen LogP contribution >= 0.6 is 0 Å². The Hall–Kier alpha value is -3.89. The van der Waals surface area contributed by atoms with Gasteiger partial charge in [-0.3, -0.25) is 0 Å². The van der Waals surface area contributed by atoms with Gasteiger partial charge < -0.3 is 24.8 Å². The lowest BCUT2D eigenvalue weighted by molar-refractivity contribution is -0.173. The van der Waals surface area contributed by atoms with Crippen molar-refractivity contribution in [3.63, 3.8) is 0 Å². The number of hydrogen-bond acceptors (Lipinski definition) is 5. The molecule has 2 unspecified atom stereocenters. The van der Waals surface area contributed by atoms with Gasteiger partial charge in [0.1, 0.15) is 5.82 Å². The summed E-state index contributed by atoms with van der Waals surface area (Å²) < 4.78 is 53.6. The zero-order valence-electron chi connectivity index (χ0n) is 17.7. The maximum absolute atomic E-state index is 14.0. The summed E-state index contributed by atoms with van der Waals surface area (Å²) in [5.41, 5.74) is 2.39. The van der Waals surface area contributed by atoms with Gasteiger partial charge in [0, 0.05) is 18.1 Å². The Morgan fingerprint density at radius 3 is 2.48 bits per heavy atom. The first-order chi connectivity index (χ1) is 15.8. The zero-order chi connectivity index (χ0) is 23.3. The molecule has 3 heterocycles. The largest absolute Gasteiger partial charge is 0.493 e. The molecule has 0 spiro atoms. The Bertz CT molecular complexity index is 1390. The summed E-state index contributed by atoms with van der Waals surface area (Å²) in [4.78, 5) is 16.8. The van der Waals surface area contributed by atoms with E-state index in [0.29, 0.717) is 39.4 Å². The molecule has 172 valence electrons. The van der Waals surface area contributed by atoms with Crippen molar-refractivity contribution >= 4 is 16.9 Å². The second-order valence-corrected chi connectivity index (χ2v) is 7.80. The van der Waals surface area contributed by atoms with E-state index in [1.54, 1.807) is 42.5 Å². The molecule has 3 N–H and O–H groups in total. The number of methoxy groups -OCH3 is 2. The first kappa shape index (κ1) is 21.0. The standard InChI is InChI=1S/C22H20F3N5O3/c1-32-17-6-4-12(8-18(17)33-2)14-9-19(22(23,24)25)30-20(26-14)10-15(29-30)11-3-5-13-16(7-11)28-21(31)27-13/h3-8,10,14,19,26H,9H2,1-2H3,(H2,27,28,31). The predicted octanol–water partition coefficient (Wildman–Crippen LogP) is 4.40. The SMILES string of the molecule is COc1ccc(C2CC(C(F)(F)F)n3nc(-c4ccc5[nH]c(=O)[nH]c5c4)cc3N2)cc1OC. The average Bonchev–Trinajstić information content (AvgIpc) is 3.38. The number of anilines is 1.